The average Bonchev–Trinajstić information content (AvgIpc) is 2.35. The molecular formula is C13H15NO2. The third-order valence-electron chi connectivity index (χ3n) is 2.71. The van der Waals surface area contributed by atoms with Crippen LogP contribution in [0.4, 0.5) is 4.79 Å². The summed E-state index contributed by atoms with van der Waals surface area (Å²) in [5.74, 6) is 0. The van der Waals surface area contributed by atoms with Gasteiger partial charge in [-0.3, -0.25) is 0 Å². The summed E-state index contributed by atoms with van der Waals surface area (Å²) in [6.45, 7) is 5.17. The number of fused-ring (bicyclic) bond motifs is 1. The minimum absolute atomic E-state index is 0.255. The number of nitrogens with zero attached hydrogens (tertiary/aromatic N) is 1. The van der Waals surface area contributed by atoms with Crippen LogP contribution in [0.15, 0.2) is 36.9 Å². The summed E-state index contributed by atoms with van der Waals surface area (Å²) in [7, 11) is 0. The van der Waals surface area contributed by atoms with Crippen molar-refractivity contribution in [1.82, 2.24) is 4.90 Å². The molecule has 1 aromatic rings. The monoisotopic (exact) mass is 217 g/mol. The highest BCUT2D eigenvalue weighted by Gasteiger charge is 2.20. The molecule has 0 bridgehead atoms. The maximum absolute atomic E-state index is 11.6. The Morgan fingerprint density at radius 2 is 2.19 bits per heavy atom. The van der Waals surface area contributed by atoms with Gasteiger partial charge in [-0.2, -0.15) is 0 Å². The van der Waals surface area contributed by atoms with Gasteiger partial charge in [0.2, 0.25) is 0 Å². The van der Waals surface area contributed by atoms with E-state index in [0.29, 0.717) is 6.54 Å². The third kappa shape index (κ3) is 2.24. The van der Waals surface area contributed by atoms with Gasteiger partial charge in [0.15, 0.2) is 0 Å². The van der Waals surface area contributed by atoms with Gasteiger partial charge in [0.25, 0.3) is 0 Å². The van der Waals surface area contributed by atoms with Crippen LogP contribution in [0.1, 0.15) is 11.1 Å². The standard InChI is InChI=1S/C13H15NO2/c1-2-9-16-13(15)14-8-7-11-5-3-4-6-12(11)10-14/h2-6H,1,7-10H2. The van der Waals surface area contributed by atoms with Crippen LogP contribution in [-0.2, 0) is 17.7 Å². The largest absolute Gasteiger partial charge is 0.445 e. The molecule has 0 aliphatic carbocycles. The van der Waals surface area contributed by atoms with E-state index in [1.807, 2.05) is 12.1 Å². The molecule has 3 nitrogen and oxygen atoms in total. The number of rotatable bonds is 2. The van der Waals surface area contributed by atoms with Crippen LogP contribution in [0.5, 0.6) is 0 Å². The molecule has 0 aromatic heterocycles. The molecule has 1 aromatic carbocycles. The van der Waals surface area contributed by atoms with Gasteiger partial charge in [-0.25, -0.2) is 4.79 Å². The van der Waals surface area contributed by atoms with Gasteiger partial charge in [-0.1, -0.05) is 36.9 Å². The van der Waals surface area contributed by atoms with Gasteiger partial charge < -0.3 is 9.64 Å². The third-order valence-corrected chi connectivity index (χ3v) is 2.71. The molecular weight excluding hydrogens is 202 g/mol. The van der Waals surface area contributed by atoms with Crippen LogP contribution in [0, 0.1) is 0 Å². The first kappa shape index (κ1) is 10.7. The Labute approximate surface area is 95.3 Å². The predicted molar refractivity (Wildman–Crippen MR) is 62.1 cm³/mol. The van der Waals surface area contributed by atoms with Gasteiger partial charge in [-0.15, -0.1) is 0 Å². The van der Waals surface area contributed by atoms with Crippen molar-refractivity contribution in [3.05, 3.63) is 48.0 Å². The summed E-state index contributed by atoms with van der Waals surface area (Å²) in [6.07, 6.45) is 2.23. The molecule has 1 heterocycles. The van der Waals surface area contributed by atoms with Crippen molar-refractivity contribution < 1.29 is 9.53 Å². The Morgan fingerprint density at radius 3 is 2.94 bits per heavy atom. The number of ether oxygens (including phenoxy) is 1. The van der Waals surface area contributed by atoms with E-state index in [-0.39, 0.29) is 12.7 Å². The summed E-state index contributed by atoms with van der Waals surface area (Å²) >= 11 is 0. The van der Waals surface area contributed by atoms with Crippen LogP contribution in [0.25, 0.3) is 0 Å². The molecule has 0 radical (unpaired) electrons. The van der Waals surface area contributed by atoms with Crippen LogP contribution in [0.3, 0.4) is 0 Å². The Bertz CT molecular complexity index is 401. The van der Waals surface area contributed by atoms with Crippen molar-refractivity contribution >= 4 is 6.09 Å². The predicted octanol–water partition coefficient (Wildman–Crippen LogP) is 2.37. The molecule has 16 heavy (non-hydrogen) atoms. The molecule has 0 saturated carbocycles. The smallest absolute Gasteiger partial charge is 0.410 e. The Morgan fingerprint density at radius 1 is 1.44 bits per heavy atom. The SMILES string of the molecule is C=CCOC(=O)N1CCc2ccccc2C1. The summed E-state index contributed by atoms with van der Waals surface area (Å²) < 4.78 is 5.01. The number of carbonyl (C=O) groups excluding carboxylic acids is 1. The van der Waals surface area contributed by atoms with Crippen LogP contribution >= 0.6 is 0 Å². The van der Waals surface area contributed by atoms with Crippen LogP contribution in [-0.4, -0.2) is 24.1 Å². The zero-order chi connectivity index (χ0) is 11.4. The molecule has 0 atom stereocenters. The fraction of sp³-hybridized carbons (Fsp3) is 0.308. The lowest BCUT2D eigenvalue weighted by atomic mass is 10.0. The highest BCUT2D eigenvalue weighted by Crippen LogP contribution is 2.18. The second-order valence-corrected chi connectivity index (χ2v) is 3.81. The maximum Gasteiger partial charge on any atom is 0.410 e. The average molecular weight is 217 g/mol. The van der Waals surface area contributed by atoms with Crippen LogP contribution < -0.4 is 0 Å². The highest BCUT2D eigenvalue weighted by atomic mass is 16.6. The second-order valence-electron chi connectivity index (χ2n) is 3.81. The molecule has 0 unspecified atom stereocenters. The van der Waals surface area contributed by atoms with E-state index >= 15 is 0 Å². The van der Waals surface area contributed by atoms with E-state index in [1.165, 1.54) is 11.1 Å². The highest BCUT2D eigenvalue weighted by molar-refractivity contribution is 5.68. The van der Waals surface area contributed by atoms with Crippen molar-refractivity contribution in [3.8, 4) is 0 Å². The molecule has 2 rings (SSSR count). The first-order valence-electron chi connectivity index (χ1n) is 5.40. The lowest BCUT2D eigenvalue weighted by Gasteiger charge is -2.27. The second kappa shape index (κ2) is 4.84. The van der Waals surface area contributed by atoms with Crippen LogP contribution in [0.2, 0.25) is 0 Å². The Kier molecular flexibility index (Phi) is 3.25. The molecule has 0 saturated heterocycles. The van der Waals surface area contributed by atoms with E-state index in [1.54, 1.807) is 11.0 Å². The van der Waals surface area contributed by atoms with Gasteiger partial charge >= 0.3 is 6.09 Å². The first-order chi connectivity index (χ1) is 7.81. The molecule has 84 valence electrons. The number of hydrogen-bond acceptors (Lipinski definition) is 2. The maximum atomic E-state index is 11.6. The zero-order valence-electron chi connectivity index (χ0n) is 9.19. The normalized spacial score (nSPS) is 14.1. The molecule has 0 fully saturated rings. The van der Waals surface area contributed by atoms with E-state index < -0.39 is 0 Å². The molecule has 0 spiro atoms. The van der Waals surface area contributed by atoms with Crippen molar-refractivity contribution in [2.75, 3.05) is 13.2 Å². The molecule has 3 heteroatoms. The molecule has 0 N–H and O–H groups in total. The fourth-order valence-corrected chi connectivity index (χ4v) is 1.87. The molecule has 1 amide bonds. The summed E-state index contributed by atoms with van der Waals surface area (Å²) in [4.78, 5) is 13.4. The quantitative estimate of drug-likeness (QED) is 0.712. The lowest BCUT2D eigenvalue weighted by molar-refractivity contribution is 0.108. The van der Waals surface area contributed by atoms with Crippen molar-refractivity contribution in [2.24, 2.45) is 0 Å². The van der Waals surface area contributed by atoms with E-state index in [4.69, 9.17) is 4.74 Å². The number of hydrogen-bond donors (Lipinski definition) is 0. The van der Waals surface area contributed by atoms with E-state index in [2.05, 4.69) is 18.7 Å². The van der Waals surface area contributed by atoms with Gasteiger partial charge in [0, 0.05) is 13.1 Å². The van der Waals surface area contributed by atoms with Gasteiger partial charge in [0.1, 0.15) is 6.61 Å². The number of carbonyl (C=O) groups is 1. The van der Waals surface area contributed by atoms with E-state index in [9.17, 15) is 4.79 Å². The van der Waals surface area contributed by atoms with E-state index in [0.717, 1.165) is 13.0 Å². The van der Waals surface area contributed by atoms with Crippen molar-refractivity contribution in [2.45, 2.75) is 13.0 Å². The number of amides is 1. The topological polar surface area (TPSA) is 29.5 Å². The Balaban J connectivity index is 2.02. The fourth-order valence-electron chi connectivity index (χ4n) is 1.87. The Hall–Kier alpha value is -1.77. The number of benzene rings is 1. The minimum atomic E-state index is -0.255. The van der Waals surface area contributed by atoms with Gasteiger partial charge in [-0.05, 0) is 17.5 Å². The van der Waals surface area contributed by atoms with Crippen molar-refractivity contribution in [1.29, 1.82) is 0 Å². The summed E-state index contributed by atoms with van der Waals surface area (Å²) in [6, 6.07) is 8.20. The molecule has 1 aliphatic heterocycles. The lowest BCUT2D eigenvalue weighted by Crippen LogP contribution is -2.36. The minimum Gasteiger partial charge on any atom is -0.445 e. The molecule has 1 aliphatic rings. The zero-order valence-corrected chi connectivity index (χ0v) is 9.19. The van der Waals surface area contributed by atoms with Gasteiger partial charge in [0.05, 0.1) is 0 Å². The summed E-state index contributed by atoms with van der Waals surface area (Å²) in [5, 5.41) is 0. The summed E-state index contributed by atoms with van der Waals surface area (Å²) in [5.41, 5.74) is 2.54. The van der Waals surface area contributed by atoms with Crippen molar-refractivity contribution in [3.63, 3.8) is 0 Å². The first-order valence-corrected chi connectivity index (χ1v) is 5.40.